The van der Waals surface area contributed by atoms with Gasteiger partial charge in [0.1, 0.15) is 0 Å². The second-order valence-corrected chi connectivity index (χ2v) is 4.87. The number of aryl methyl sites for hydroxylation is 1. The second kappa shape index (κ2) is 6.46. The molecule has 1 fully saturated rings. The van der Waals surface area contributed by atoms with Crippen LogP contribution in [0.25, 0.3) is 0 Å². The Labute approximate surface area is 117 Å². The molecule has 0 aromatic heterocycles. The van der Waals surface area contributed by atoms with E-state index in [1.165, 1.54) is 6.07 Å². The van der Waals surface area contributed by atoms with Crippen LogP contribution in [-0.2, 0) is 11.2 Å². The van der Waals surface area contributed by atoms with Crippen LogP contribution in [0.3, 0.4) is 0 Å². The van der Waals surface area contributed by atoms with Gasteiger partial charge in [0.05, 0.1) is 29.8 Å². The van der Waals surface area contributed by atoms with Crippen LogP contribution in [0.5, 0.6) is 0 Å². The van der Waals surface area contributed by atoms with E-state index in [2.05, 4.69) is 11.0 Å². The molecule has 1 saturated heterocycles. The van der Waals surface area contributed by atoms with Gasteiger partial charge in [-0.05, 0) is 25.0 Å². The van der Waals surface area contributed by atoms with Gasteiger partial charge < -0.3 is 4.74 Å². The molecule has 2 rings (SSSR count). The van der Waals surface area contributed by atoms with Crippen LogP contribution < -0.4 is 0 Å². The molecule has 1 aliphatic heterocycles. The first-order valence-electron chi connectivity index (χ1n) is 6.60. The zero-order valence-electron chi connectivity index (χ0n) is 11.5. The maximum absolute atomic E-state index is 10.9. The van der Waals surface area contributed by atoms with Gasteiger partial charge >= 0.3 is 0 Å². The molecule has 1 aromatic rings. The summed E-state index contributed by atoms with van der Waals surface area (Å²) in [5.41, 5.74) is 1.89. The van der Waals surface area contributed by atoms with Crippen LogP contribution in [0.2, 0.25) is 0 Å². The molecule has 1 heterocycles. The summed E-state index contributed by atoms with van der Waals surface area (Å²) in [5, 5.41) is 20.0. The van der Waals surface area contributed by atoms with Crippen molar-refractivity contribution >= 4 is 5.69 Å². The monoisotopic (exact) mass is 275 g/mol. The molecule has 20 heavy (non-hydrogen) atoms. The lowest BCUT2D eigenvalue weighted by molar-refractivity contribution is -0.385. The normalized spacial score (nSPS) is 15.8. The predicted molar refractivity (Wildman–Crippen MR) is 73.5 cm³/mol. The summed E-state index contributed by atoms with van der Waals surface area (Å²) in [6.07, 6.45) is 0.724. The number of rotatable bonds is 4. The van der Waals surface area contributed by atoms with E-state index in [0.717, 1.165) is 44.8 Å². The minimum absolute atomic E-state index is 0.0108. The molecule has 106 valence electrons. The molecule has 0 aliphatic carbocycles. The van der Waals surface area contributed by atoms with Crippen molar-refractivity contribution < 1.29 is 9.66 Å². The smallest absolute Gasteiger partial charge is 0.273 e. The number of nitro benzene ring substituents is 1. The highest BCUT2D eigenvalue weighted by Gasteiger charge is 2.16. The van der Waals surface area contributed by atoms with Gasteiger partial charge in [-0.2, -0.15) is 5.26 Å². The Balaban J connectivity index is 2.12. The van der Waals surface area contributed by atoms with Crippen molar-refractivity contribution in [2.75, 3.05) is 32.8 Å². The van der Waals surface area contributed by atoms with Crippen molar-refractivity contribution in [3.63, 3.8) is 0 Å². The number of hydrogen-bond donors (Lipinski definition) is 0. The molecule has 0 spiro atoms. The summed E-state index contributed by atoms with van der Waals surface area (Å²) in [7, 11) is 0. The van der Waals surface area contributed by atoms with Crippen LogP contribution in [0.1, 0.15) is 16.7 Å². The van der Waals surface area contributed by atoms with Crippen LogP contribution in [0.4, 0.5) is 5.69 Å². The van der Waals surface area contributed by atoms with Crippen molar-refractivity contribution in [2.45, 2.75) is 13.3 Å². The summed E-state index contributed by atoms with van der Waals surface area (Å²) in [6, 6.07) is 5.20. The van der Waals surface area contributed by atoms with Gasteiger partial charge in [0.25, 0.3) is 5.69 Å². The number of nitro groups is 1. The van der Waals surface area contributed by atoms with E-state index in [1.807, 2.05) is 0 Å². The van der Waals surface area contributed by atoms with Crippen molar-refractivity contribution in [3.05, 3.63) is 38.9 Å². The summed E-state index contributed by atoms with van der Waals surface area (Å²) in [4.78, 5) is 12.7. The lowest BCUT2D eigenvalue weighted by atomic mass is 10.0. The first-order valence-corrected chi connectivity index (χ1v) is 6.60. The average molecular weight is 275 g/mol. The Morgan fingerprint density at radius 2 is 2.15 bits per heavy atom. The highest BCUT2D eigenvalue weighted by Crippen LogP contribution is 2.23. The molecule has 0 radical (unpaired) electrons. The van der Waals surface area contributed by atoms with Gasteiger partial charge in [-0.25, -0.2) is 0 Å². The van der Waals surface area contributed by atoms with Crippen LogP contribution in [0, 0.1) is 28.4 Å². The van der Waals surface area contributed by atoms with E-state index >= 15 is 0 Å². The molecule has 0 atom stereocenters. The second-order valence-electron chi connectivity index (χ2n) is 4.87. The maximum atomic E-state index is 10.9. The quantitative estimate of drug-likeness (QED) is 0.616. The summed E-state index contributed by atoms with van der Waals surface area (Å²) >= 11 is 0. The average Bonchev–Trinajstić information content (AvgIpc) is 2.46. The first kappa shape index (κ1) is 14.4. The number of nitrogens with zero attached hydrogens (tertiary/aromatic N) is 3. The maximum Gasteiger partial charge on any atom is 0.273 e. The molecular weight excluding hydrogens is 258 g/mol. The standard InChI is InChI=1S/C14H17N3O3/c1-11-8-12(2-3-16-4-6-20-7-5-16)13(10-15)9-14(11)17(18)19/h8-9H,2-7H2,1H3. The number of hydrogen-bond acceptors (Lipinski definition) is 5. The van der Waals surface area contributed by atoms with Gasteiger partial charge in [-0.15, -0.1) is 0 Å². The van der Waals surface area contributed by atoms with Gasteiger partial charge in [0.15, 0.2) is 0 Å². The molecular formula is C14H17N3O3. The third-order valence-corrected chi connectivity index (χ3v) is 3.54. The zero-order valence-corrected chi connectivity index (χ0v) is 11.5. The summed E-state index contributed by atoms with van der Waals surface area (Å²) < 4.78 is 5.29. The van der Waals surface area contributed by atoms with Gasteiger partial charge in [0.2, 0.25) is 0 Å². The summed E-state index contributed by atoms with van der Waals surface area (Å²) in [5.74, 6) is 0. The predicted octanol–water partition coefficient (Wildman–Crippen LogP) is 1.65. The minimum atomic E-state index is -0.443. The van der Waals surface area contributed by atoms with Gasteiger partial charge in [0, 0.05) is 31.3 Å². The van der Waals surface area contributed by atoms with Crippen LogP contribution in [0.15, 0.2) is 12.1 Å². The molecule has 0 amide bonds. The molecule has 6 nitrogen and oxygen atoms in total. The van der Waals surface area contributed by atoms with Crippen molar-refractivity contribution in [3.8, 4) is 6.07 Å². The third kappa shape index (κ3) is 3.32. The fourth-order valence-corrected chi connectivity index (χ4v) is 2.37. The van der Waals surface area contributed by atoms with Gasteiger partial charge in [-0.1, -0.05) is 0 Å². The summed E-state index contributed by atoms with van der Waals surface area (Å²) in [6.45, 7) is 5.82. The number of nitriles is 1. The van der Waals surface area contributed by atoms with Crippen molar-refractivity contribution in [1.29, 1.82) is 5.26 Å². The molecule has 0 unspecified atom stereocenters. The SMILES string of the molecule is Cc1cc(CCN2CCOCC2)c(C#N)cc1[N+](=O)[O-]. The number of morpholine rings is 1. The Morgan fingerprint density at radius 3 is 2.75 bits per heavy atom. The largest absolute Gasteiger partial charge is 0.379 e. The van der Waals surface area contributed by atoms with Crippen molar-refractivity contribution in [2.24, 2.45) is 0 Å². The topological polar surface area (TPSA) is 79.4 Å². The Hall–Kier alpha value is -1.97. The zero-order chi connectivity index (χ0) is 14.5. The molecule has 0 bridgehead atoms. The fraction of sp³-hybridized carbons (Fsp3) is 0.500. The number of benzene rings is 1. The lowest BCUT2D eigenvalue weighted by Gasteiger charge is -2.26. The van der Waals surface area contributed by atoms with E-state index in [1.54, 1.807) is 13.0 Å². The molecule has 0 N–H and O–H groups in total. The van der Waals surface area contributed by atoms with E-state index in [0.29, 0.717) is 11.1 Å². The third-order valence-electron chi connectivity index (χ3n) is 3.54. The van der Waals surface area contributed by atoms with E-state index in [4.69, 9.17) is 10.00 Å². The van der Waals surface area contributed by atoms with Crippen LogP contribution in [-0.4, -0.2) is 42.7 Å². The molecule has 1 aliphatic rings. The van der Waals surface area contributed by atoms with Crippen molar-refractivity contribution in [1.82, 2.24) is 4.90 Å². The Morgan fingerprint density at radius 1 is 1.45 bits per heavy atom. The highest BCUT2D eigenvalue weighted by atomic mass is 16.6. The van der Waals surface area contributed by atoms with E-state index < -0.39 is 4.92 Å². The van der Waals surface area contributed by atoms with E-state index in [9.17, 15) is 10.1 Å². The molecule has 6 heteroatoms. The number of ether oxygens (including phenoxy) is 1. The van der Waals surface area contributed by atoms with Crippen LogP contribution >= 0.6 is 0 Å². The van der Waals surface area contributed by atoms with E-state index in [-0.39, 0.29) is 5.69 Å². The van der Waals surface area contributed by atoms with Gasteiger partial charge in [-0.3, -0.25) is 15.0 Å². The fourth-order valence-electron chi connectivity index (χ4n) is 2.37. The lowest BCUT2D eigenvalue weighted by Crippen LogP contribution is -2.37. The Kier molecular flexibility index (Phi) is 4.66. The highest BCUT2D eigenvalue weighted by molar-refractivity contribution is 5.51. The molecule has 0 saturated carbocycles. The molecule has 1 aromatic carbocycles. The first-order chi connectivity index (χ1) is 9.61. The Bertz CT molecular complexity index is 545. The minimum Gasteiger partial charge on any atom is -0.379 e.